The molecule has 1 amide bonds. The van der Waals surface area contributed by atoms with E-state index in [1.165, 1.54) is 0 Å². The Morgan fingerprint density at radius 3 is 2.69 bits per heavy atom. The predicted octanol–water partition coefficient (Wildman–Crippen LogP) is 4.37. The minimum Gasteiger partial charge on any atom is -0.382 e. The number of pyridine rings is 1. The first-order valence-corrected chi connectivity index (χ1v) is 9.02. The molecule has 1 aromatic heterocycles. The van der Waals surface area contributed by atoms with E-state index >= 15 is 0 Å². The van der Waals surface area contributed by atoms with Gasteiger partial charge in [-0.1, -0.05) is 48.5 Å². The molecular formula is C22H24N2O2. The Kier molecular flexibility index (Phi) is 5.97. The largest absolute Gasteiger partial charge is 0.382 e. The molecule has 1 heterocycles. The van der Waals surface area contributed by atoms with Crippen molar-refractivity contribution in [2.75, 3.05) is 19.8 Å². The van der Waals surface area contributed by atoms with Gasteiger partial charge in [0.1, 0.15) is 0 Å². The number of hydrogen-bond donors (Lipinski definition) is 1. The summed E-state index contributed by atoms with van der Waals surface area (Å²) in [6, 6.07) is 18.0. The molecule has 2 aromatic carbocycles. The third-order valence-corrected chi connectivity index (χ3v) is 4.25. The second kappa shape index (κ2) is 8.59. The summed E-state index contributed by atoms with van der Waals surface area (Å²) < 4.78 is 5.31. The van der Waals surface area contributed by atoms with E-state index in [1.807, 2.05) is 56.3 Å². The summed E-state index contributed by atoms with van der Waals surface area (Å²) in [6.45, 7) is 5.84. The quantitative estimate of drug-likeness (QED) is 0.645. The van der Waals surface area contributed by atoms with Crippen LogP contribution < -0.4 is 5.32 Å². The van der Waals surface area contributed by atoms with Gasteiger partial charge in [-0.05, 0) is 31.9 Å². The molecule has 134 valence electrons. The van der Waals surface area contributed by atoms with Gasteiger partial charge in [-0.15, -0.1) is 0 Å². The fraction of sp³-hybridized carbons (Fsp3) is 0.273. The summed E-state index contributed by atoms with van der Waals surface area (Å²) in [5.74, 6) is -0.0674. The molecule has 0 saturated carbocycles. The highest BCUT2D eigenvalue weighted by atomic mass is 16.5. The van der Waals surface area contributed by atoms with Gasteiger partial charge < -0.3 is 10.1 Å². The van der Waals surface area contributed by atoms with Crippen molar-refractivity contribution in [3.05, 3.63) is 65.9 Å². The van der Waals surface area contributed by atoms with E-state index in [4.69, 9.17) is 9.72 Å². The Labute approximate surface area is 154 Å². The number of hydrogen-bond acceptors (Lipinski definition) is 3. The average molecular weight is 348 g/mol. The lowest BCUT2D eigenvalue weighted by atomic mass is 9.98. The van der Waals surface area contributed by atoms with Gasteiger partial charge in [-0.2, -0.15) is 0 Å². The van der Waals surface area contributed by atoms with Gasteiger partial charge in [0, 0.05) is 36.4 Å². The SMILES string of the molecule is CCOCCCNC(=O)c1cc(C)nc2c(-c3ccccc3)cccc12. The van der Waals surface area contributed by atoms with E-state index < -0.39 is 0 Å². The van der Waals surface area contributed by atoms with Crippen LogP contribution in [0, 0.1) is 6.92 Å². The van der Waals surface area contributed by atoms with Gasteiger partial charge in [-0.25, -0.2) is 0 Å². The number of benzene rings is 2. The van der Waals surface area contributed by atoms with Crippen LogP contribution in [0.3, 0.4) is 0 Å². The summed E-state index contributed by atoms with van der Waals surface area (Å²) in [7, 11) is 0. The normalized spacial score (nSPS) is 10.8. The highest BCUT2D eigenvalue weighted by Gasteiger charge is 2.14. The minimum atomic E-state index is -0.0674. The van der Waals surface area contributed by atoms with Crippen molar-refractivity contribution in [3.63, 3.8) is 0 Å². The van der Waals surface area contributed by atoms with Crippen molar-refractivity contribution in [3.8, 4) is 11.1 Å². The third kappa shape index (κ3) is 4.09. The second-order valence-corrected chi connectivity index (χ2v) is 6.19. The molecule has 0 aliphatic carbocycles. The zero-order chi connectivity index (χ0) is 18.4. The number of fused-ring (bicyclic) bond motifs is 1. The van der Waals surface area contributed by atoms with Crippen LogP contribution in [0.4, 0.5) is 0 Å². The maximum Gasteiger partial charge on any atom is 0.252 e. The zero-order valence-corrected chi connectivity index (χ0v) is 15.3. The van der Waals surface area contributed by atoms with Crippen LogP contribution in [0.25, 0.3) is 22.0 Å². The molecule has 0 fully saturated rings. The molecule has 4 heteroatoms. The molecular weight excluding hydrogens is 324 g/mol. The van der Waals surface area contributed by atoms with Gasteiger partial charge >= 0.3 is 0 Å². The van der Waals surface area contributed by atoms with E-state index in [0.717, 1.165) is 34.1 Å². The topological polar surface area (TPSA) is 51.2 Å². The molecule has 0 spiro atoms. The van der Waals surface area contributed by atoms with Crippen LogP contribution >= 0.6 is 0 Å². The van der Waals surface area contributed by atoms with E-state index in [1.54, 1.807) is 0 Å². The van der Waals surface area contributed by atoms with Crippen LogP contribution in [-0.4, -0.2) is 30.6 Å². The van der Waals surface area contributed by atoms with Crippen molar-refractivity contribution >= 4 is 16.8 Å². The number of carbonyl (C=O) groups excluding carboxylic acids is 1. The average Bonchev–Trinajstić information content (AvgIpc) is 2.67. The smallest absolute Gasteiger partial charge is 0.252 e. The van der Waals surface area contributed by atoms with Crippen molar-refractivity contribution in [1.29, 1.82) is 0 Å². The maximum absolute atomic E-state index is 12.7. The molecule has 3 aromatic rings. The number of carbonyl (C=O) groups is 1. The van der Waals surface area contributed by atoms with Crippen molar-refractivity contribution < 1.29 is 9.53 Å². The Balaban J connectivity index is 1.93. The Hall–Kier alpha value is -2.72. The standard InChI is InChI=1S/C22H24N2O2/c1-3-26-14-8-13-23-22(25)20-15-16(2)24-21-18(11-7-12-19(20)21)17-9-5-4-6-10-17/h4-7,9-12,15H,3,8,13-14H2,1-2H3,(H,23,25). The maximum atomic E-state index is 12.7. The Morgan fingerprint density at radius 2 is 1.92 bits per heavy atom. The van der Waals surface area contributed by atoms with Crippen LogP contribution in [0.5, 0.6) is 0 Å². The molecule has 0 radical (unpaired) electrons. The third-order valence-electron chi connectivity index (χ3n) is 4.25. The molecule has 1 N–H and O–H groups in total. The molecule has 0 bridgehead atoms. The van der Waals surface area contributed by atoms with Crippen molar-refractivity contribution in [2.45, 2.75) is 20.3 Å². The lowest BCUT2D eigenvalue weighted by molar-refractivity contribution is 0.0945. The molecule has 0 aliphatic heterocycles. The Bertz CT molecular complexity index is 891. The van der Waals surface area contributed by atoms with E-state index in [-0.39, 0.29) is 5.91 Å². The van der Waals surface area contributed by atoms with Gasteiger partial charge in [0.2, 0.25) is 0 Å². The highest BCUT2D eigenvalue weighted by Crippen LogP contribution is 2.29. The van der Waals surface area contributed by atoms with Crippen LogP contribution in [0.1, 0.15) is 29.4 Å². The number of amides is 1. The molecule has 0 atom stereocenters. The van der Waals surface area contributed by atoms with E-state index in [9.17, 15) is 4.79 Å². The lowest BCUT2D eigenvalue weighted by Gasteiger charge is -2.12. The van der Waals surface area contributed by atoms with Crippen LogP contribution in [-0.2, 0) is 4.74 Å². The molecule has 4 nitrogen and oxygen atoms in total. The first-order chi connectivity index (χ1) is 12.7. The van der Waals surface area contributed by atoms with Gasteiger partial charge in [0.15, 0.2) is 0 Å². The van der Waals surface area contributed by atoms with Gasteiger partial charge in [-0.3, -0.25) is 9.78 Å². The van der Waals surface area contributed by atoms with Gasteiger partial charge in [0.05, 0.1) is 11.1 Å². The number of aromatic nitrogens is 1. The van der Waals surface area contributed by atoms with Crippen molar-refractivity contribution in [2.24, 2.45) is 0 Å². The summed E-state index contributed by atoms with van der Waals surface area (Å²) in [5.41, 5.74) is 4.50. The zero-order valence-electron chi connectivity index (χ0n) is 15.3. The van der Waals surface area contributed by atoms with E-state index in [2.05, 4.69) is 17.4 Å². The molecule has 0 saturated heterocycles. The number of nitrogens with zero attached hydrogens (tertiary/aromatic N) is 1. The number of nitrogens with one attached hydrogen (secondary N) is 1. The molecule has 0 aliphatic rings. The molecule has 26 heavy (non-hydrogen) atoms. The fourth-order valence-electron chi connectivity index (χ4n) is 3.03. The van der Waals surface area contributed by atoms with Crippen molar-refractivity contribution in [1.82, 2.24) is 10.3 Å². The number of rotatable bonds is 7. The summed E-state index contributed by atoms with van der Waals surface area (Å²) in [6.07, 6.45) is 0.802. The van der Waals surface area contributed by atoms with Gasteiger partial charge in [0.25, 0.3) is 5.91 Å². The summed E-state index contributed by atoms with van der Waals surface area (Å²) in [4.78, 5) is 17.4. The predicted molar refractivity (Wildman–Crippen MR) is 105 cm³/mol. The second-order valence-electron chi connectivity index (χ2n) is 6.19. The number of aryl methyl sites for hydroxylation is 1. The fourth-order valence-corrected chi connectivity index (χ4v) is 3.03. The highest BCUT2D eigenvalue weighted by molar-refractivity contribution is 6.09. The van der Waals surface area contributed by atoms with Crippen LogP contribution in [0.15, 0.2) is 54.6 Å². The first-order valence-electron chi connectivity index (χ1n) is 9.02. The lowest BCUT2D eigenvalue weighted by Crippen LogP contribution is -2.25. The molecule has 3 rings (SSSR count). The minimum absolute atomic E-state index is 0.0674. The van der Waals surface area contributed by atoms with E-state index in [0.29, 0.717) is 25.3 Å². The summed E-state index contributed by atoms with van der Waals surface area (Å²) >= 11 is 0. The van der Waals surface area contributed by atoms with Crippen LogP contribution in [0.2, 0.25) is 0 Å². The Morgan fingerprint density at radius 1 is 1.12 bits per heavy atom. The first kappa shape index (κ1) is 18.1. The molecule has 0 unspecified atom stereocenters. The number of para-hydroxylation sites is 1. The number of ether oxygens (including phenoxy) is 1. The monoisotopic (exact) mass is 348 g/mol. The summed E-state index contributed by atoms with van der Waals surface area (Å²) in [5, 5.41) is 3.86.